The first kappa shape index (κ1) is 14.0. The summed E-state index contributed by atoms with van der Waals surface area (Å²) in [5.74, 6) is 1.56. The highest BCUT2D eigenvalue weighted by atomic mass is 35.5. The SMILES string of the molecule is CCCc1nsc(N2CCC(OCCCl)CC2)n1. The molecular formula is C12H20ClN3OS. The molecule has 1 aliphatic heterocycles. The van der Waals surface area contributed by atoms with Crippen molar-refractivity contribution in [1.29, 1.82) is 0 Å². The van der Waals surface area contributed by atoms with Crippen molar-refractivity contribution in [3.8, 4) is 0 Å². The number of aromatic nitrogens is 2. The average Bonchev–Trinajstić information content (AvgIpc) is 2.86. The Morgan fingerprint density at radius 1 is 1.44 bits per heavy atom. The fourth-order valence-corrected chi connectivity index (χ4v) is 2.98. The third kappa shape index (κ3) is 3.80. The first-order valence-corrected chi connectivity index (χ1v) is 7.89. The summed E-state index contributed by atoms with van der Waals surface area (Å²) in [6, 6.07) is 0. The highest BCUT2D eigenvalue weighted by molar-refractivity contribution is 7.09. The second-order valence-corrected chi connectivity index (χ2v) is 5.60. The molecular weight excluding hydrogens is 270 g/mol. The maximum atomic E-state index is 5.67. The lowest BCUT2D eigenvalue weighted by Gasteiger charge is -2.31. The van der Waals surface area contributed by atoms with E-state index in [4.69, 9.17) is 16.3 Å². The number of rotatable bonds is 6. The first-order valence-electron chi connectivity index (χ1n) is 6.58. The zero-order valence-electron chi connectivity index (χ0n) is 10.8. The molecule has 0 aliphatic carbocycles. The van der Waals surface area contributed by atoms with Gasteiger partial charge in [-0.1, -0.05) is 6.92 Å². The molecule has 1 aromatic rings. The van der Waals surface area contributed by atoms with Crippen LogP contribution in [0.2, 0.25) is 0 Å². The van der Waals surface area contributed by atoms with Crippen LogP contribution in [0.5, 0.6) is 0 Å². The van der Waals surface area contributed by atoms with E-state index >= 15 is 0 Å². The summed E-state index contributed by atoms with van der Waals surface area (Å²) >= 11 is 7.14. The number of ether oxygens (including phenoxy) is 1. The largest absolute Gasteiger partial charge is 0.377 e. The van der Waals surface area contributed by atoms with Crippen molar-refractivity contribution < 1.29 is 4.74 Å². The van der Waals surface area contributed by atoms with Crippen LogP contribution in [0.15, 0.2) is 0 Å². The van der Waals surface area contributed by atoms with Crippen LogP contribution < -0.4 is 4.90 Å². The van der Waals surface area contributed by atoms with Crippen LogP contribution in [0, 0.1) is 0 Å². The maximum Gasteiger partial charge on any atom is 0.205 e. The first-order chi connectivity index (χ1) is 8.83. The van der Waals surface area contributed by atoms with Crippen LogP contribution in [0.25, 0.3) is 0 Å². The lowest BCUT2D eigenvalue weighted by atomic mass is 10.1. The molecule has 6 heteroatoms. The van der Waals surface area contributed by atoms with Gasteiger partial charge >= 0.3 is 0 Å². The van der Waals surface area contributed by atoms with E-state index in [0.717, 1.165) is 49.7 Å². The third-order valence-corrected chi connectivity index (χ3v) is 4.04. The van der Waals surface area contributed by atoms with Gasteiger partial charge in [0.25, 0.3) is 0 Å². The standard InChI is InChI=1S/C12H20ClN3OS/c1-2-3-11-14-12(18-15-11)16-7-4-10(5-8-16)17-9-6-13/h10H,2-9H2,1H3. The van der Waals surface area contributed by atoms with Gasteiger partial charge in [-0.2, -0.15) is 4.37 Å². The molecule has 102 valence electrons. The average molecular weight is 290 g/mol. The van der Waals surface area contributed by atoms with Crippen LogP contribution in [-0.4, -0.2) is 41.0 Å². The Morgan fingerprint density at radius 3 is 2.89 bits per heavy atom. The molecule has 1 aliphatic rings. The molecule has 0 saturated carbocycles. The summed E-state index contributed by atoms with van der Waals surface area (Å²) in [5, 5.41) is 1.06. The lowest BCUT2D eigenvalue weighted by Crippen LogP contribution is -2.37. The van der Waals surface area contributed by atoms with Crippen molar-refractivity contribution in [3.63, 3.8) is 0 Å². The van der Waals surface area contributed by atoms with Crippen molar-refractivity contribution in [1.82, 2.24) is 9.36 Å². The highest BCUT2D eigenvalue weighted by Gasteiger charge is 2.21. The van der Waals surface area contributed by atoms with Crippen LogP contribution in [-0.2, 0) is 11.2 Å². The second-order valence-electron chi connectivity index (χ2n) is 4.49. The van der Waals surface area contributed by atoms with Gasteiger partial charge in [0.1, 0.15) is 5.82 Å². The number of aryl methyl sites for hydroxylation is 1. The van der Waals surface area contributed by atoms with E-state index in [2.05, 4.69) is 21.2 Å². The van der Waals surface area contributed by atoms with Crippen LogP contribution in [0.4, 0.5) is 5.13 Å². The molecule has 0 bridgehead atoms. The van der Waals surface area contributed by atoms with Crippen molar-refractivity contribution in [2.45, 2.75) is 38.7 Å². The molecule has 0 amide bonds. The van der Waals surface area contributed by atoms with Gasteiger partial charge in [0.15, 0.2) is 0 Å². The molecule has 2 rings (SSSR count). The van der Waals surface area contributed by atoms with E-state index in [0.29, 0.717) is 18.6 Å². The van der Waals surface area contributed by atoms with Crippen LogP contribution in [0.3, 0.4) is 0 Å². The van der Waals surface area contributed by atoms with Gasteiger partial charge in [-0.05, 0) is 19.3 Å². The number of piperidine rings is 1. The Kier molecular flexibility index (Phi) is 5.66. The minimum absolute atomic E-state index is 0.364. The number of anilines is 1. The molecule has 0 unspecified atom stereocenters. The number of alkyl halides is 1. The van der Waals surface area contributed by atoms with Crippen molar-refractivity contribution in [2.75, 3.05) is 30.5 Å². The summed E-state index contributed by atoms with van der Waals surface area (Å²) in [6.45, 7) is 4.83. The molecule has 18 heavy (non-hydrogen) atoms. The van der Waals surface area contributed by atoms with Crippen molar-refractivity contribution >= 4 is 28.3 Å². The lowest BCUT2D eigenvalue weighted by molar-refractivity contribution is 0.0472. The molecule has 0 radical (unpaired) electrons. The molecule has 0 N–H and O–H groups in total. The van der Waals surface area contributed by atoms with Crippen LogP contribution >= 0.6 is 23.1 Å². The summed E-state index contributed by atoms with van der Waals surface area (Å²) in [4.78, 5) is 6.90. The molecule has 0 aromatic carbocycles. The van der Waals surface area contributed by atoms with Gasteiger partial charge in [0.05, 0.1) is 12.7 Å². The zero-order valence-corrected chi connectivity index (χ0v) is 12.3. The van der Waals surface area contributed by atoms with Crippen molar-refractivity contribution in [2.24, 2.45) is 0 Å². The minimum Gasteiger partial charge on any atom is -0.377 e. The number of hydrogen-bond acceptors (Lipinski definition) is 5. The van der Waals surface area contributed by atoms with E-state index in [1.54, 1.807) is 0 Å². The highest BCUT2D eigenvalue weighted by Crippen LogP contribution is 2.23. The molecule has 0 spiro atoms. The van der Waals surface area contributed by atoms with Crippen molar-refractivity contribution in [3.05, 3.63) is 5.82 Å². The summed E-state index contributed by atoms with van der Waals surface area (Å²) in [6.07, 6.45) is 4.55. The molecule has 1 fully saturated rings. The molecule has 1 aromatic heterocycles. The quantitative estimate of drug-likeness (QED) is 0.755. The van der Waals surface area contributed by atoms with Crippen LogP contribution in [0.1, 0.15) is 32.0 Å². The summed E-state index contributed by atoms with van der Waals surface area (Å²) in [5.41, 5.74) is 0. The topological polar surface area (TPSA) is 38.2 Å². The Morgan fingerprint density at radius 2 is 2.22 bits per heavy atom. The van der Waals surface area contributed by atoms with E-state index in [-0.39, 0.29) is 0 Å². The predicted molar refractivity (Wildman–Crippen MR) is 75.8 cm³/mol. The maximum absolute atomic E-state index is 5.67. The number of nitrogens with zero attached hydrogens (tertiary/aromatic N) is 3. The van der Waals surface area contributed by atoms with E-state index in [9.17, 15) is 0 Å². The number of halogens is 1. The smallest absolute Gasteiger partial charge is 0.205 e. The molecule has 1 saturated heterocycles. The fourth-order valence-electron chi connectivity index (χ4n) is 2.12. The summed E-state index contributed by atoms with van der Waals surface area (Å²) in [7, 11) is 0. The Hall–Kier alpha value is -0.390. The monoisotopic (exact) mass is 289 g/mol. The fraction of sp³-hybridized carbons (Fsp3) is 0.833. The van der Waals surface area contributed by atoms with E-state index in [1.807, 2.05) is 0 Å². The molecule has 4 nitrogen and oxygen atoms in total. The molecule has 0 atom stereocenters. The van der Waals surface area contributed by atoms with E-state index in [1.165, 1.54) is 11.5 Å². The van der Waals surface area contributed by atoms with E-state index < -0.39 is 0 Å². The molecule has 2 heterocycles. The normalized spacial score (nSPS) is 17.3. The van der Waals surface area contributed by atoms with Gasteiger partial charge < -0.3 is 9.64 Å². The minimum atomic E-state index is 0.364. The number of hydrogen-bond donors (Lipinski definition) is 0. The predicted octanol–water partition coefficient (Wildman–Crippen LogP) is 2.71. The third-order valence-electron chi connectivity index (χ3n) is 3.07. The zero-order chi connectivity index (χ0) is 12.8. The van der Waals surface area contributed by atoms with Gasteiger partial charge in [-0.3, -0.25) is 0 Å². The van der Waals surface area contributed by atoms with Gasteiger partial charge in [0.2, 0.25) is 5.13 Å². The van der Waals surface area contributed by atoms with Gasteiger partial charge in [0, 0.05) is 36.9 Å². The Bertz CT molecular complexity index is 353. The Labute approximate surface area is 117 Å². The summed E-state index contributed by atoms with van der Waals surface area (Å²) < 4.78 is 10.1. The second kappa shape index (κ2) is 7.26. The Balaban J connectivity index is 1.81. The van der Waals surface area contributed by atoms with Gasteiger partial charge in [-0.15, -0.1) is 11.6 Å². The van der Waals surface area contributed by atoms with Gasteiger partial charge in [-0.25, -0.2) is 4.98 Å².